The molecule has 6 heteroatoms. The Morgan fingerprint density at radius 3 is 2.29 bits per heavy atom. The maximum atomic E-state index is 11.4. The Morgan fingerprint density at radius 1 is 1.18 bits per heavy atom. The predicted molar refractivity (Wildman–Crippen MR) is 71.4 cm³/mol. The highest BCUT2D eigenvalue weighted by molar-refractivity contribution is 9.09. The molecule has 0 unspecified atom stereocenters. The summed E-state index contributed by atoms with van der Waals surface area (Å²) in [5.74, 6) is 0.643. The van der Waals surface area contributed by atoms with Crippen LogP contribution in [0, 0.1) is 5.41 Å². The fourth-order valence-corrected chi connectivity index (χ4v) is 4.54. The average molecular weight is 326 g/mol. The van der Waals surface area contributed by atoms with Gasteiger partial charge in [0.1, 0.15) is 0 Å². The van der Waals surface area contributed by atoms with Crippen LogP contribution in [-0.2, 0) is 14.6 Å². The van der Waals surface area contributed by atoms with E-state index in [4.69, 9.17) is 4.74 Å². The summed E-state index contributed by atoms with van der Waals surface area (Å²) in [6.07, 6.45) is 2.14. The summed E-state index contributed by atoms with van der Waals surface area (Å²) in [5.41, 5.74) is 0.277. The van der Waals surface area contributed by atoms with Crippen LogP contribution in [0.4, 0.5) is 0 Å². The van der Waals surface area contributed by atoms with Gasteiger partial charge in [0.25, 0.3) is 0 Å². The fraction of sp³-hybridized carbons (Fsp3) is 1.00. The summed E-state index contributed by atoms with van der Waals surface area (Å²) in [6.45, 7) is 4.04. The van der Waals surface area contributed by atoms with Gasteiger partial charge in [0, 0.05) is 38.2 Å². The van der Waals surface area contributed by atoms with Crippen molar-refractivity contribution < 1.29 is 13.2 Å². The summed E-state index contributed by atoms with van der Waals surface area (Å²) >= 11 is 3.62. The van der Waals surface area contributed by atoms with E-state index in [2.05, 4.69) is 20.8 Å². The van der Waals surface area contributed by atoms with E-state index < -0.39 is 9.84 Å². The van der Waals surface area contributed by atoms with Gasteiger partial charge in [0.2, 0.25) is 0 Å². The SMILES string of the molecule is O=S1(=O)CCN(CC2(CBr)CCOCC2)CC1. The van der Waals surface area contributed by atoms with Crippen LogP contribution in [0.15, 0.2) is 0 Å². The second-order valence-corrected chi connectivity index (χ2v) is 8.04. The molecule has 2 aliphatic rings. The van der Waals surface area contributed by atoms with E-state index in [1.54, 1.807) is 0 Å². The lowest BCUT2D eigenvalue weighted by atomic mass is 9.82. The summed E-state index contributed by atoms with van der Waals surface area (Å²) < 4.78 is 28.2. The molecule has 0 atom stereocenters. The third-order valence-electron chi connectivity index (χ3n) is 3.83. The molecule has 0 saturated carbocycles. The van der Waals surface area contributed by atoms with Gasteiger partial charge in [-0.05, 0) is 18.3 Å². The Morgan fingerprint density at radius 2 is 1.76 bits per heavy atom. The molecule has 0 aromatic carbocycles. The van der Waals surface area contributed by atoms with Crippen molar-refractivity contribution in [2.45, 2.75) is 12.8 Å². The topological polar surface area (TPSA) is 46.6 Å². The lowest BCUT2D eigenvalue weighted by Gasteiger charge is -2.41. The van der Waals surface area contributed by atoms with Crippen molar-refractivity contribution in [3.63, 3.8) is 0 Å². The zero-order valence-electron chi connectivity index (χ0n) is 10.0. The van der Waals surface area contributed by atoms with E-state index in [-0.39, 0.29) is 5.41 Å². The molecule has 0 aliphatic carbocycles. The third-order valence-corrected chi connectivity index (χ3v) is 6.63. The molecular formula is C11H20BrNO3S. The van der Waals surface area contributed by atoms with Crippen LogP contribution in [-0.4, -0.2) is 63.0 Å². The van der Waals surface area contributed by atoms with Crippen LogP contribution < -0.4 is 0 Å². The highest BCUT2D eigenvalue weighted by atomic mass is 79.9. The van der Waals surface area contributed by atoms with Crippen LogP contribution >= 0.6 is 15.9 Å². The number of halogens is 1. The van der Waals surface area contributed by atoms with Crippen LogP contribution in [0.2, 0.25) is 0 Å². The van der Waals surface area contributed by atoms with E-state index in [1.165, 1.54) is 0 Å². The van der Waals surface area contributed by atoms with Gasteiger partial charge < -0.3 is 9.64 Å². The van der Waals surface area contributed by atoms with Crippen molar-refractivity contribution in [1.29, 1.82) is 0 Å². The minimum Gasteiger partial charge on any atom is -0.381 e. The van der Waals surface area contributed by atoms with Crippen LogP contribution in [0.3, 0.4) is 0 Å². The van der Waals surface area contributed by atoms with Gasteiger partial charge >= 0.3 is 0 Å². The third kappa shape index (κ3) is 3.66. The molecule has 2 rings (SSSR count). The van der Waals surface area contributed by atoms with Gasteiger partial charge in [0.05, 0.1) is 11.5 Å². The number of hydrogen-bond donors (Lipinski definition) is 0. The van der Waals surface area contributed by atoms with Gasteiger partial charge in [-0.1, -0.05) is 15.9 Å². The van der Waals surface area contributed by atoms with Crippen molar-refractivity contribution in [1.82, 2.24) is 4.90 Å². The molecule has 0 amide bonds. The number of nitrogens with zero attached hydrogens (tertiary/aromatic N) is 1. The Kier molecular flexibility index (Phi) is 4.50. The molecule has 0 radical (unpaired) electrons. The fourth-order valence-electron chi connectivity index (χ4n) is 2.52. The molecule has 2 aliphatic heterocycles. The number of alkyl halides is 1. The summed E-state index contributed by atoms with van der Waals surface area (Å²) in [6, 6.07) is 0. The number of rotatable bonds is 3. The first-order valence-corrected chi connectivity index (χ1v) is 9.06. The molecular weight excluding hydrogens is 306 g/mol. The first kappa shape index (κ1) is 13.8. The van der Waals surface area contributed by atoms with Crippen LogP contribution in [0.1, 0.15) is 12.8 Å². The van der Waals surface area contributed by atoms with Gasteiger partial charge in [-0.15, -0.1) is 0 Å². The van der Waals surface area contributed by atoms with Crippen molar-refractivity contribution in [3.8, 4) is 0 Å². The average Bonchev–Trinajstić information content (AvgIpc) is 2.33. The first-order valence-electron chi connectivity index (χ1n) is 6.12. The van der Waals surface area contributed by atoms with E-state index in [0.717, 1.165) is 37.9 Å². The number of hydrogen-bond acceptors (Lipinski definition) is 4. The first-order chi connectivity index (χ1) is 8.05. The van der Waals surface area contributed by atoms with Gasteiger partial charge in [-0.3, -0.25) is 0 Å². The minimum atomic E-state index is -2.76. The minimum absolute atomic E-state index is 0.277. The summed E-state index contributed by atoms with van der Waals surface area (Å²) in [4.78, 5) is 2.30. The standard InChI is InChI=1S/C11H20BrNO3S/c12-9-11(1-5-16-6-2-11)10-13-3-7-17(14,15)8-4-13/h1-10H2. The van der Waals surface area contributed by atoms with E-state index >= 15 is 0 Å². The maximum Gasteiger partial charge on any atom is 0.152 e. The summed E-state index contributed by atoms with van der Waals surface area (Å²) in [7, 11) is -2.76. The summed E-state index contributed by atoms with van der Waals surface area (Å²) in [5, 5.41) is 0.979. The molecule has 100 valence electrons. The van der Waals surface area contributed by atoms with Gasteiger partial charge in [-0.2, -0.15) is 0 Å². The molecule has 2 fully saturated rings. The molecule has 0 aromatic heterocycles. The second-order valence-electron chi connectivity index (χ2n) is 5.17. The van der Waals surface area contributed by atoms with Crippen molar-refractivity contribution in [2.24, 2.45) is 5.41 Å². The molecule has 4 nitrogen and oxygen atoms in total. The molecule has 17 heavy (non-hydrogen) atoms. The van der Waals surface area contributed by atoms with Crippen LogP contribution in [0.25, 0.3) is 0 Å². The highest BCUT2D eigenvalue weighted by Crippen LogP contribution is 2.33. The van der Waals surface area contributed by atoms with Crippen molar-refractivity contribution >= 4 is 25.8 Å². The maximum absolute atomic E-state index is 11.4. The number of ether oxygens (including phenoxy) is 1. The molecule has 0 N–H and O–H groups in total. The molecule has 0 spiro atoms. The lowest BCUT2D eigenvalue weighted by molar-refractivity contribution is 0.00943. The Labute approximate surface area is 112 Å². The van der Waals surface area contributed by atoms with Crippen molar-refractivity contribution in [3.05, 3.63) is 0 Å². The lowest BCUT2D eigenvalue weighted by Crippen LogP contribution is -2.48. The normalized spacial score (nSPS) is 29.0. The van der Waals surface area contributed by atoms with E-state index in [9.17, 15) is 8.42 Å². The van der Waals surface area contributed by atoms with Gasteiger partial charge in [0.15, 0.2) is 9.84 Å². The van der Waals surface area contributed by atoms with E-state index in [1.807, 2.05) is 0 Å². The zero-order chi connectivity index (χ0) is 12.4. The highest BCUT2D eigenvalue weighted by Gasteiger charge is 2.35. The van der Waals surface area contributed by atoms with Crippen molar-refractivity contribution in [2.75, 3.05) is 49.7 Å². The monoisotopic (exact) mass is 325 g/mol. The smallest absolute Gasteiger partial charge is 0.152 e. The molecule has 0 bridgehead atoms. The van der Waals surface area contributed by atoms with E-state index in [0.29, 0.717) is 24.6 Å². The molecule has 0 aromatic rings. The zero-order valence-corrected chi connectivity index (χ0v) is 12.4. The largest absolute Gasteiger partial charge is 0.381 e. The molecule has 2 heterocycles. The Hall–Kier alpha value is 0.350. The van der Waals surface area contributed by atoms with Crippen LogP contribution in [0.5, 0.6) is 0 Å². The number of sulfone groups is 1. The quantitative estimate of drug-likeness (QED) is 0.723. The van der Waals surface area contributed by atoms with Gasteiger partial charge in [-0.25, -0.2) is 8.42 Å². The second kappa shape index (κ2) is 5.55. The predicted octanol–water partition coefficient (Wildman–Crippen LogP) is 0.909. The molecule has 2 saturated heterocycles. The Bertz CT molecular complexity index is 338. The Balaban J connectivity index is 1.91.